The summed E-state index contributed by atoms with van der Waals surface area (Å²) in [6, 6.07) is 0. The van der Waals surface area contributed by atoms with E-state index in [-0.39, 0.29) is 5.60 Å². The molecule has 17 heavy (non-hydrogen) atoms. The third kappa shape index (κ3) is 9.20. The van der Waals surface area contributed by atoms with E-state index in [1.165, 1.54) is 51.4 Å². The van der Waals surface area contributed by atoms with Gasteiger partial charge in [-0.2, -0.15) is 0 Å². The standard InChI is InChI=1S/C8H16.C7H14O2/c1-2-4-6-8-7-5-3-1;1-4-7(3,5-2)9-6-8/h1-8H2;6H,4-5H2,1-3H3. The predicted octanol–water partition coefficient (Wildman–Crippen LogP) is 4.86. The summed E-state index contributed by atoms with van der Waals surface area (Å²) >= 11 is 0. The van der Waals surface area contributed by atoms with E-state index in [0.29, 0.717) is 6.47 Å². The van der Waals surface area contributed by atoms with Crippen LogP contribution < -0.4 is 0 Å². The summed E-state index contributed by atoms with van der Waals surface area (Å²) < 4.78 is 4.85. The molecule has 0 radical (unpaired) electrons. The maximum atomic E-state index is 9.92. The molecule has 1 aliphatic carbocycles. The molecule has 102 valence electrons. The molecule has 2 heteroatoms. The van der Waals surface area contributed by atoms with Crippen LogP contribution >= 0.6 is 0 Å². The van der Waals surface area contributed by atoms with Crippen LogP contribution in [0.25, 0.3) is 0 Å². The van der Waals surface area contributed by atoms with Gasteiger partial charge in [-0.3, -0.25) is 4.79 Å². The van der Waals surface area contributed by atoms with Crippen LogP contribution in [0.15, 0.2) is 0 Å². The molecular weight excluding hydrogens is 212 g/mol. The van der Waals surface area contributed by atoms with Crippen LogP contribution in [0.2, 0.25) is 0 Å². The van der Waals surface area contributed by atoms with E-state index in [1.807, 2.05) is 20.8 Å². The van der Waals surface area contributed by atoms with Crippen molar-refractivity contribution in [3.63, 3.8) is 0 Å². The summed E-state index contributed by atoms with van der Waals surface area (Å²) in [5.41, 5.74) is -0.234. The Kier molecular flexibility index (Phi) is 10.3. The van der Waals surface area contributed by atoms with Gasteiger partial charge in [0.1, 0.15) is 5.60 Å². The molecule has 0 N–H and O–H groups in total. The van der Waals surface area contributed by atoms with E-state index >= 15 is 0 Å². The quantitative estimate of drug-likeness (QED) is 0.658. The van der Waals surface area contributed by atoms with Crippen LogP contribution in [0.1, 0.15) is 85.0 Å². The van der Waals surface area contributed by atoms with Gasteiger partial charge in [0.15, 0.2) is 0 Å². The molecule has 0 aromatic carbocycles. The first-order chi connectivity index (χ1) is 8.18. The van der Waals surface area contributed by atoms with Gasteiger partial charge in [0, 0.05) is 0 Å². The monoisotopic (exact) mass is 242 g/mol. The van der Waals surface area contributed by atoms with Gasteiger partial charge in [0.05, 0.1) is 0 Å². The van der Waals surface area contributed by atoms with Crippen molar-refractivity contribution >= 4 is 6.47 Å². The number of hydrogen-bond acceptors (Lipinski definition) is 2. The van der Waals surface area contributed by atoms with E-state index < -0.39 is 0 Å². The highest BCUT2D eigenvalue weighted by molar-refractivity contribution is 5.38. The Morgan fingerprint density at radius 2 is 1.18 bits per heavy atom. The fourth-order valence-corrected chi connectivity index (χ4v) is 1.95. The molecule has 1 fully saturated rings. The van der Waals surface area contributed by atoms with Crippen molar-refractivity contribution in [3.05, 3.63) is 0 Å². The average molecular weight is 242 g/mol. The van der Waals surface area contributed by atoms with E-state index in [4.69, 9.17) is 4.74 Å². The predicted molar refractivity (Wildman–Crippen MR) is 73.1 cm³/mol. The highest BCUT2D eigenvalue weighted by Crippen LogP contribution is 2.17. The van der Waals surface area contributed by atoms with Crippen molar-refractivity contribution in [1.29, 1.82) is 0 Å². The zero-order chi connectivity index (χ0) is 13.0. The summed E-state index contributed by atoms with van der Waals surface area (Å²) in [6.07, 6.45) is 13.8. The Morgan fingerprint density at radius 3 is 1.29 bits per heavy atom. The lowest BCUT2D eigenvalue weighted by Crippen LogP contribution is -2.25. The van der Waals surface area contributed by atoms with Gasteiger partial charge >= 0.3 is 0 Å². The second kappa shape index (κ2) is 10.6. The summed E-state index contributed by atoms with van der Waals surface area (Å²) in [6.45, 7) is 6.47. The topological polar surface area (TPSA) is 26.3 Å². The molecule has 0 spiro atoms. The van der Waals surface area contributed by atoms with E-state index in [0.717, 1.165) is 12.8 Å². The highest BCUT2D eigenvalue weighted by Gasteiger charge is 2.19. The number of ether oxygens (including phenoxy) is 1. The van der Waals surface area contributed by atoms with Crippen LogP contribution in [0, 0.1) is 0 Å². The van der Waals surface area contributed by atoms with Gasteiger partial charge in [-0.25, -0.2) is 0 Å². The fraction of sp³-hybridized carbons (Fsp3) is 0.933. The average Bonchev–Trinajstić information content (AvgIpc) is 2.29. The summed E-state index contributed by atoms with van der Waals surface area (Å²) in [4.78, 5) is 9.92. The molecule has 1 rings (SSSR count). The van der Waals surface area contributed by atoms with Crippen molar-refractivity contribution in [2.75, 3.05) is 0 Å². The zero-order valence-corrected chi connectivity index (χ0v) is 12.0. The maximum absolute atomic E-state index is 9.92. The summed E-state index contributed by atoms with van der Waals surface area (Å²) in [7, 11) is 0. The van der Waals surface area contributed by atoms with Gasteiger partial charge in [-0.1, -0.05) is 65.2 Å². The Hall–Kier alpha value is -0.530. The molecule has 2 nitrogen and oxygen atoms in total. The van der Waals surface area contributed by atoms with Crippen molar-refractivity contribution in [2.45, 2.75) is 90.6 Å². The van der Waals surface area contributed by atoms with Crippen molar-refractivity contribution in [2.24, 2.45) is 0 Å². The molecule has 0 aromatic heterocycles. The van der Waals surface area contributed by atoms with Gasteiger partial charge < -0.3 is 4.74 Å². The lowest BCUT2D eigenvalue weighted by Gasteiger charge is -2.23. The largest absolute Gasteiger partial charge is 0.462 e. The van der Waals surface area contributed by atoms with Gasteiger partial charge in [-0.15, -0.1) is 0 Å². The lowest BCUT2D eigenvalue weighted by molar-refractivity contribution is -0.142. The SMILES string of the molecule is C1CCCCCCC1.CCC(C)(CC)OC=O. The molecule has 1 saturated carbocycles. The molecule has 0 aliphatic heterocycles. The molecule has 0 amide bonds. The van der Waals surface area contributed by atoms with E-state index in [2.05, 4.69) is 0 Å². The normalized spacial score (nSPS) is 17.1. The van der Waals surface area contributed by atoms with Crippen LogP contribution in [0.3, 0.4) is 0 Å². The number of carbonyl (C=O) groups excluding carboxylic acids is 1. The number of carbonyl (C=O) groups is 1. The molecule has 0 unspecified atom stereocenters. The van der Waals surface area contributed by atoms with E-state index in [1.54, 1.807) is 0 Å². The number of hydrogen-bond donors (Lipinski definition) is 0. The van der Waals surface area contributed by atoms with Crippen molar-refractivity contribution in [1.82, 2.24) is 0 Å². The van der Waals surface area contributed by atoms with Gasteiger partial charge in [-0.05, 0) is 19.8 Å². The van der Waals surface area contributed by atoms with E-state index in [9.17, 15) is 4.79 Å². The minimum atomic E-state index is -0.234. The smallest absolute Gasteiger partial charge is 0.293 e. The Bertz CT molecular complexity index is 150. The third-order valence-electron chi connectivity index (χ3n) is 3.83. The Balaban J connectivity index is 0.000000302. The fourth-order valence-electron chi connectivity index (χ4n) is 1.95. The Labute approximate surface area is 107 Å². The molecule has 0 heterocycles. The first-order valence-electron chi connectivity index (χ1n) is 7.30. The highest BCUT2D eigenvalue weighted by atomic mass is 16.5. The number of rotatable bonds is 4. The van der Waals surface area contributed by atoms with Crippen LogP contribution in [0.4, 0.5) is 0 Å². The molecule has 0 bridgehead atoms. The molecule has 0 atom stereocenters. The zero-order valence-electron chi connectivity index (χ0n) is 12.0. The maximum Gasteiger partial charge on any atom is 0.293 e. The van der Waals surface area contributed by atoms with Crippen molar-refractivity contribution < 1.29 is 9.53 Å². The van der Waals surface area contributed by atoms with Gasteiger partial charge in [0.25, 0.3) is 6.47 Å². The summed E-state index contributed by atoms with van der Waals surface area (Å²) in [5, 5.41) is 0. The second-order valence-electron chi connectivity index (χ2n) is 5.20. The van der Waals surface area contributed by atoms with Crippen LogP contribution in [-0.4, -0.2) is 12.1 Å². The van der Waals surface area contributed by atoms with Crippen molar-refractivity contribution in [3.8, 4) is 0 Å². The lowest BCUT2D eigenvalue weighted by atomic mass is 10.0. The second-order valence-corrected chi connectivity index (χ2v) is 5.20. The minimum absolute atomic E-state index is 0.234. The van der Waals surface area contributed by atoms with Crippen LogP contribution in [0.5, 0.6) is 0 Å². The summed E-state index contributed by atoms with van der Waals surface area (Å²) in [5.74, 6) is 0. The van der Waals surface area contributed by atoms with Gasteiger partial charge in [0.2, 0.25) is 0 Å². The first-order valence-corrected chi connectivity index (χ1v) is 7.30. The molecule has 0 aromatic rings. The molecular formula is C15H30O2. The minimum Gasteiger partial charge on any atom is -0.462 e. The van der Waals surface area contributed by atoms with Crippen LogP contribution in [-0.2, 0) is 9.53 Å². The molecule has 0 saturated heterocycles. The third-order valence-corrected chi connectivity index (χ3v) is 3.83. The Morgan fingerprint density at radius 1 is 0.882 bits per heavy atom. The first kappa shape index (κ1) is 16.5. The molecule has 1 aliphatic rings.